The van der Waals surface area contributed by atoms with Gasteiger partial charge in [0, 0.05) is 10.3 Å². The van der Waals surface area contributed by atoms with Crippen molar-refractivity contribution in [2.75, 3.05) is 12.8 Å². The van der Waals surface area contributed by atoms with E-state index < -0.39 is 0 Å². The highest BCUT2D eigenvalue weighted by atomic mass is 32.1. The molecule has 2 rings (SSSR count). The highest BCUT2D eigenvalue weighted by Gasteiger charge is 2.28. The third kappa shape index (κ3) is 2.51. The van der Waals surface area contributed by atoms with Crippen LogP contribution in [0.2, 0.25) is 0 Å². The maximum Gasteiger partial charge on any atom is 0.0983 e. The van der Waals surface area contributed by atoms with E-state index in [1.54, 1.807) is 18.4 Å². The molecule has 0 radical (unpaired) electrons. The zero-order valence-corrected chi connectivity index (χ0v) is 12.4. The minimum absolute atomic E-state index is 0.246. The van der Waals surface area contributed by atoms with Crippen LogP contribution in [0, 0.1) is 0 Å². The van der Waals surface area contributed by atoms with Gasteiger partial charge in [0.25, 0.3) is 0 Å². The molecule has 0 saturated heterocycles. The number of thiophene rings is 1. The van der Waals surface area contributed by atoms with Crippen LogP contribution in [0.3, 0.4) is 0 Å². The molecule has 2 N–H and O–H groups in total. The SMILES string of the molecule is C=C(OC)C(C)(C)c1ccccc1-c1ccc(N)s1. The predicted molar refractivity (Wildman–Crippen MR) is 83.3 cm³/mol. The van der Waals surface area contributed by atoms with Crippen molar-refractivity contribution in [3.8, 4) is 10.4 Å². The molecule has 19 heavy (non-hydrogen) atoms. The molecule has 0 spiro atoms. The molecular weight excluding hydrogens is 254 g/mol. The molecule has 0 amide bonds. The van der Waals surface area contributed by atoms with E-state index in [4.69, 9.17) is 10.5 Å². The van der Waals surface area contributed by atoms with Crippen LogP contribution in [0.4, 0.5) is 5.00 Å². The first-order valence-electron chi connectivity index (χ1n) is 6.15. The zero-order valence-electron chi connectivity index (χ0n) is 11.6. The minimum Gasteiger partial charge on any atom is -0.501 e. The second kappa shape index (κ2) is 5.10. The van der Waals surface area contributed by atoms with Crippen molar-refractivity contribution in [2.24, 2.45) is 0 Å². The van der Waals surface area contributed by atoms with Gasteiger partial charge in [0.05, 0.1) is 17.9 Å². The number of nitrogens with two attached hydrogens (primary N) is 1. The molecule has 0 aliphatic rings. The van der Waals surface area contributed by atoms with E-state index in [0.29, 0.717) is 0 Å². The van der Waals surface area contributed by atoms with Crippen molar-refractivity contribution in [3.05, 3.63) is 54.3 Å². The first-order valence-corrected chi connectivity index (χ1v) is 6.97. The summed E-state index contributed by atoms with van der Waals surface area (Å²) in [5.74, 6) is 0.754. The average Bonchev–Trinajstić information content (AvgIpc) is 2.84. The maximum absolute atomic E-state index is 5.84. The van der Waals surface area contributed by atoms with Crippen LogP contribution in [0.5, 0.6) is 0 Å². The lowest BCUT2D eigenvalue weighted by Crippen LogP contribution is -2.21. The first-order chi connectivity index (χ1) is 8.96. The molecule has 0 unspecified atom stereocenters. The Hall–Kier alpha value is -1.74. The molecule has 2 nitrogen and oxygen atoms in total. The lowest BCUT2D eigenvalue weighted by molar-refractivity contribution is 0.237. The fraction of sp³-hybridized carbons (Fsp3) is 0.250. The first kappa shape index (κ1) is 13.7. The lowest BCUT2D eigenvalue weighted by atomic mass is 9.80. The van der Waals surface area contributed by atoms with E-state index in [2.05, 4.69) is 38.6 Å². The van der Waals surface area contributed by atoms with Gasteiger partial charge in [0.15, 0.2) is 0 Å². The molecule has 1 heterocycles. The van der Waals surface area contributed by atoms with E-state index >= 15 is 0 Å². The fourth-order valence-corrected chi connectivity index (χ4v) is 2.96. The van der Waals surface area contributed by atoms with Gasteiger partial charge in [0.2, 0.25) is 0 Å². The monoisotopic (exact) mass is 273 g/mol. The van der Waals surface area contributed by atoms with Crippen LogP contribution in [0.1, 0.15) is 19.4 Å². The molecule has 0 saturated carbocycles. The van der Waals surface area contributed by atoms with E-state index in [1.165, 1.54) is 16.0 Å². The summed E-state index contributed by atoms with van der Waals surface area (Å²) in [6.45, 7) is 8.26. The molecule has 3 heteroatoms. The summed E-state index contributed by atoms with van der Waals surface area (Å²) in [7, 11) is 1.66. The second-order valence-electron chi connectivity index (χ2n) is 5.00. The second-order valence-corrected chi connectivity index (χ2v) is 6.12. The quantitative estimate of drug-likeness (QED) is 0.836. The smallest absolute Gasteiger partial charge is 0.0983 e. The van der Waals surface area contributed by atoms with Crippen molar-refractivity contribution < 1.29 is 4.74 Å². The van der Waals surface area contributed by atoms with Crippen molar-refractivity contribution in [3.63, 3.8) is 0 Å². The third-order valence-corrected chi connectivity index (χ3v) is 4.38. The van der Waals surface area contributed by atoms with Crippen molar-refractivity contribution in [1.82, 2.24) is 0 Å². The topological polar surface area (TPSA) is 35.2 Å². The Morgan fingerprint density at radius 1 is 1.21 bits per heavy atom. The molecule has 100 valence electrons. The maximum atomic E-state index is 5.84. The van der Waals surface area contributed by atoms with Gasteiger partial charge >= 0.3 is 0 Å². The van der Waals surface area contributed by atoms with Crippen LogP contribution in [-0.4, -0.2) is 7.11 Å². The molecule has 0 aliphatic carbocycles. The van der Waals surface area contributed by atoms with Crippen molar-refractivity contribution in [2.45, 2.75) is 19.3 Å². The molecule has 0 aliphatic heterocycles. The van der Waals surface area contributed by atoms with Crippen molar-refractivity contribution >= 4 is 16.3 Å². The summed E-state index contributed by atoms with van der Waals surface area (Å²) in [4.78, 5) is 1.17. The summed E-state index contributed by atoms with van der Waals surface area (Å²) < 4.78 is 5.35. The Balaban J connectivity index is 2.56. The Bertz CT molecular complexity index is 598. The summed E-state index contributed by atoms with van der Waals surface area (Å²) in [6, 6.07) is 12.3. The fourth-order valence-electron chi connectivity index (χ4n) is 2.15. The molecule has 1 aromatic carbocycles. The number of hydrogen-bond donors (Lipinski definition) is 1. The number of methoxy groups -OCH3 is 1. The Morgan fingerprint density at radius 3 is 2.47 bits per heavy atom. The molecular formula is C16H19NOS. The Morgan fingerprint density at radius 2 is 1.89 bits per heavy atom. The van der Waals surface area contributed by atoms with Crippen LogP contribution in [0.25, 0.3) is 10.4 Å². The van der Waals surface area contributed by atoms with E-state index in [-0.39, 0.29) is 5.41 Å². The molecule has 0 bridgehead atoms. The van der Waals surface area contributed by atoms with Gasteiger partial charge in [-0.25, -0.2) is 0 Å². The zero-order chi connectivity index (χ0) is 14.0. The van der Waals surface area contributed by atoms with Crippen molar-refractivity contribution in [1.29, 1.82) is 0 Å². The van der Waals surface area contributed by atoms with E-state index in [1.807, 2.05) is 18.2 Å². The third-order valence-electron chi connectivity index (χ3n) is 3.44. The van der Waals surface area contributed by atoms with Gasteiger partial charge in [-0.2, -0.15) is 0 Å². The molecule has 1 aromatic heterocycles. The van der Waals surface area contributed by atoms with Gasteiger partial charge in [0.1, 0.15) is 0 Å². The van der Waals surface area contributed by atoms with Crippen LogP contribution >= 0.6 is 11.3 Å². The van der Waals surface area contributed by atoms with Gasteiger partial charge in [-0.05, 0) is 37.1 Å². The summed E-state index contributed by atoms with van der Waals surface area (Å²) in [5.41, 5.74) is 7.98. The Labute approximate surface area is 118 Å². The summed E-state index contributed by atoms with van der Waals surface area (Å²) >= 11 is 1.60. The summed E-state index contributed by atoms with van der Waals surface area (Å²) in [6.07, 6.45) is 0. The van der Waals surface area contributed by atoms with Crippen LogP contribution in [0.15, 0.2) is 48.7 Å². The Kier molecular flexibility index (Phi) is 3.67. The number of allylic oxidation sites excluding steroid dienone is 1. The highest BCUT2D eigenvalue weighted by molar-refractivity contribution is 7.19. The van der Waals surface area contributed by atoms with E-state index in [9.17, 15) is 0 Å². The van der Waals surface area contributed by atoms with Crippen LogP contribution < -0.4 is 5.73 Å². The summed E-state index contributed by atoms with van der Waals surface area (Å²) in [5, 5.41) is 0.827. The number of nitrogen functional groups attached to an aromatic ring is 1. The van der Waals surface area contributed by atoms with Crippen LogP contribution in [-0.2, 0) is 10.2 Å². The molecule has 0 atom stereocenters. The van der Waals surface area contributed by atoms with Gasteiger partial charge in [-0.3, -0.25) is 0 Å². The number of rotatable bonds is 4. The normalized spacial score (nSPS) is 11.3. The van der Waals surface area contributed by atoms with E-state index in [0.717, 1.165) is 10.8 Å². The number of ether oxygens (including phenoxy) is 1. The highest BCUT2D eigenvalue weighted by Crippen LogP contribution is 2.40. The number of hydrogen-bond acceptors (Lipinski definition) is 3. The average molecular weight is 273 g/mol. The minimum atomic E-state index is -0.246. The number of benzene rings is 1. The molecule has 2 aromatic rings. The standard InChI is InChI=1S/C16H19NOS/c1-11(18-4)16(2,3)13-8-6-5-7-12(13)14-9-10-15(17)19-14/h5-10H,1,17H2,2-4H3. The lowest BCUT2D eigenvalue weighted by Gasteiger charge is -2.28. The largest absolute Gasteiger partial charge is 0.501 e. The van der Waals surface area contributed by atoms with Gasteiger partial charge in [-0.15, -0.1) is 11.3 Å². The molecule has 0 fully saturated rings. The van der Waals surface area contributed by atoms with Gasteiger partial charge < -0.3 is 10.5 Å². The van der Waals surface area contributed by atoms with Gasteiger partial charge in [-0.1, -0.05) is 30.8 Å². The number of anilines is 1. The predicted octanol–water partition coefficient (Wildman–Crippen LogP) is 4.44.